The Kier molecular flexibility index (Phi) is 3.67. The van der Waals surface area contributed by atoms with E-state index in [1.54, 1.807) is 0 Å². The Morgan fingerprint density at radius 2 is 2.00 bits per heavy atom. The molecule has 2 bridgehead atoms. The second-order valence-corrected chi connectivity index (χ2v) is 6.85. The lowest BCUT2D eigenvalue weighted by molar-refractivity contribution is -0.350. The van der Waals surface area contributed by atoms with Gasteiger partial charge < -0.3 is 9.47 Å². The third-order valence-corrected chi connectivity index (χ3v) is 5.76. The highest BCUT2D eigenvalue weighted by atomic mass is 16.7. The summed E-state index contributed by atoms with van der Waals surface area (Å²) in [7, 11) is 0. The van der Waals surface area contributed by atoms with Crippen molar-refractivity contribution < 1.29 is 9.47 Å². The molecule has 1 saturated carbocycles. The second kappa shape index (κ2) is 5.33. The monoisotopic (exact) mass is 324 g/mol. The van der Waals surface area contributed by atoms with Gasteiger partial charge in [-0.05, 0) is 31.8 Å². The highest BCUT2D eigenvalue weighted by Gasteiger charge is 2.80. The van der Waals surface area contributed by atoms with Crippen LogP contribution in [0, 0.1) is 56.2 Å². The van der Waals surface area contributed by atoms with E-state index in [9.17, 15) is 15.8 Å². The lowest BCUT2D eigenvalue weighted by Crippen LogP contribution is -2.76. The van der Waals surface area contributed by atoms with Gasteiger partial charge in [0.2, 0.25) is 11.7 Å². The van der Waals surface area contributed by atoms with Crippen LogP contribution < -0.4 is 0 Å². The fraction of sp³-hybridized carbons (Fsp3) is 0.667. The van der Waals surface area contributed by atoms with E-state index in [1.807, 2.05) is 19.9 Å². The van der Waals surface area contributed by atoms with Gasteiger partial charge in [-0.15, -0.1) is 0 Å². The van der Waals surface area contributed by atoms with Gasteiger partial charge in [-0.25, -0.2) is 0 Å². The number of ether oxygens (including phenoxy) is 2. The van der Waals surface area contributed by atoms with Crippen molar-refractivity contribution in [3.8, 4) is 18.2 Å². The first kappa shape index (κ1) is 16.5. The summed E-state index contributed by atoms with van der Waals surface area (Å²) in [6.07, 6.45) is 4.67. The van der Waals surface area contributed by atoms with Gasteiger partial charge in [0, 0.05) is 6.42 Å². The van der Waals surface area contributed by atoms with E-state index >= 15 is 0 Å². The van der Waals surface area contributed by atoms with Gasteiger partial charge in [-0.3, -0.25) is 5.41 Å². The van der Waals surface area contributed by atoms with Crippen LogP contribution in [0.5, 0.6) is 0 Å². The van der Waals surface area contributed by atoms with E-state index in [4.69, 9.17) is 14.9 Å². The highest BCUT2D eigenvalue weighted by Crippen LogP contribution is 2.66. The molecule has 124 valence electrons. The largest absolute Gasteiger partial charge is 0.447 e. The summed E-state index contributed by atoms with van der Waals surface area (Å²) in [5.41, 5.74) is -2.59. The topological polar surface area (TPSA) is 114 Å². The van der Waals surface area contributed by atoms with Crippen molar-refractivity contribution in [3.05, 3.63) is 11.6 Å². The molecular weight excluding hydrogens is 304 g/mol. The highest BCUT2D eigenvalue weighted by molar-refractivity contribution is 5.89. The van der Waals surface area contributed by atoms with Crippen LogP contribution in [0.25, 0.3) is 0 Å². The Morgan fingerprint density at radius 3 is 2.58 bits per heavy atom. The van der Waals surface area contributed by atoms with Crippen LogP contribution in [0.15, 0.2) is 11.6 Å². The Morgan fingerprint density at radius 1 is 1.29 bits per heavy atom. The molecule has 4 atom stereocenters. The van der Waals surface area contributed by atoms with Crippen molar-refractivity contribution >= 4 is 5.90 Å². The molecule has 1 aliphatic carbocycles. The zero-order valence-electron chi connectivity index (χ0n) is 13.9. The molecule has 0 unspecified atom stereocenters. The third kappa shape index (κ3) is 1.63. The van der Waals surface area contributed by atoms with E-state index in [2.05, 4.69) is 18.2 Å². The number of nitriles is 3. The van der Waals surface area contributed by atoms with Gasteiger partial charge in [0.05, 0.1) is 24.1 Å². The maximum absolute atomic E-state index is 10.0. The standard InChI is InChI=1S/C18H20N4O2/c1-3-6-12(2)14-17(11-21)15(22)24-18(23-14)8-5-4-7-13(18)16(17,9-19)10-20/h6,13-14,22H,3-5,7-8H2,1-2H3/b12-6+,22-15?/t13-,14+,17+,18+/m0/s1. The predicted octanol–water partition coefficient (Wildman–Crippen LogP) is 3.18. The van der Waals surface area contributed by atoms with Crippen molar-refractivity contribution in [2.24, 2.45) is 16.7 Å². The first-order valence-corrected chi connectivity index (χ1v) is 8.34. The predicted molar refractivity (Wildman–Crippen MR) is 84.1 cm³/mol. The van der Waals surface area contributed by atoms with Crippen molar-refractivity contribution in [3.63, 3.8) is 0 Å². The van der Waals surface area contributed by atoms with E-state index in [0.717, 1.165) is 24.8 Å². The van der Waals surface area contributed by atoms with Crippen LogP contribution in [0.1, 0.15) is 46.0 Å². The average Bonchev–Trinajstić information content (AvgIpc) is 2.59. The van der Waals surface area contributed by atoms with Crippen molar-refractivity contribution in [2.45, 2.75) is 57.8 Å². The smallest absolute Gasteiger partial charge is 0.218 e. The fourth-order valence-corrected chi connectivity index (χ4v) is 4.69. The van der Waals surface area contributed by atoms with Gasteiger partial charge in [-0.1, -0.05) is 19.4 Å². The van der Waals surface area contributed by atoms with E-state index in [0.29, 0.717) is 12.8 Å². The molecule has 3 saturated heterocycles. The zero-order valence-corrected chi connectivity index (χ0v) is 13.9. The van der Waals surface area contributed by atoms with Crippen LogP contribution >= 0.6 is 0 Å². The van der Waals surface area contributed by atoms with Crippen molar-refractivity contribution in [1.82, 2.24) is 0 Å². The fourth-order valence-electron chi connectivity index (χ4n) is 4.69. The van der Waals surface area contributed by atoms with Crippen molar-refractivity contribution in [1.29, 1.82) is 21.2 Å². The molecule has 0 aromatic heterocycles. The Balaban J connectivity index is 2.31. The molecule has 0 radical (unpaired) electrons. The van der Waals surface area contributed by atoms with Gasteiger partial charge in [0.15, 0.2) is 10.8 Å². The maximum atomic E-state index is 10.0. The van der Waals surface area contributed by atoms with Crippen LogP contribution in [-0.2, 0) is 9.47 Å². The molecule has 6 nitrogen and oxygen atoms in total. The summed E-state index contributed by atoms with van der Waals surface area (Å²) in [5.74, 6) is -1.97. The lowest BCUT2D eigenvalue weighted by atomic mass is 9.48. The molecule has 3 heterocycles. The summed E-state index contributed by atoms with van der Waals surface area (Å²) in [6.45, 7) is 3.80. The molecule has 4 aliphatic rings. The first-order valence-electron chi connectivity index (χ1n) is 8.34. The molecule has 0 aromatic carbocycles. The number of rotatable bonds is 2. The minimum Gasteiger partial charge on any atom is -0.447 e. The molecule has 0 aromatic rings. The summed E-state index contributed by atoms with van der Waals surface area (Å²) < 4.78 is 12.1. The number of nitrogens with zero attached hydrogens (tertiary/aromatic N) is 3. The molecule has 4 rings (SSSR count). The first-order chi connectivity index (χ1) is 11.5. The molecule has 3 aliphatic heterocycles. The van der Waals surface area contributed by atoms with Gasteiger partial charge in [0.1, 0.15) is 6.10 Å². The van der Waals surface area contributed by atoms with E-state index in [1.165, 1.54) is 0 Å². The van der Waals surface area contributed by atoms with Gasteiger partial charge in [-0.2, -0.15) is 15.8 Å². The maximum Gasteiger partial charge on any atom is 0.218 e. The molecule has 6 heteroatoms. The number of fused-ring (bicyclic) bond motifs is 2. The second-order valence-electron chi connectivity index (χ2n) is 6.85. The average molecular weight is 324 g/mol. The number of hydrogen-bond donors (Lipinski definition) is 1. The SMILES string of the molecule is CC/C=C(\C)[C@H]1O[C@@]23CCCC[C@H]2C(C#N)(C#N)[C@@]1(C#N)C(=N)O3. The normalized spacial score (nSPS) is 39.8. The molecule has 24 heavy (non-hydrogen) atoms. The molecule has 0 amide bonds. The minimum absolute atomic E-state index is 0.300. The summed E-state index contributed by atoms with van der Waals surface area (Å²) >= 11 is 0. The molecule has 1 spiro atoms. The summed E-state index contributed by atoms with van der Waals surface area (Å²) in [4.78, 5) is 0. The Labute approximate surface area is 141 Å². The summed E-state index contributed by atoms with van der Waals surface area (Å²) in [6, 6.07) is 6.37. The van der Waals surface area contributed by atoms with Crippen LogP contribution in [0.4, 0.5) is 0 Å². The number of allylic oxidation sites excluding steroid dienone is 1. The van der Waals surface area contributed by atoms with Gasteiger partial charge >= 0.3 is 0 Å². The van der Waals surface area contributed by atoms with E-state index in [-0.39, 0.29) is 5.90 Å². The van der Waals surface area contributed by atoms with Crippen LogP contribution in [0.3, 0.4) is 0 Å². The molecule has 4 fully saturated rings. The van der Waals surface area contributed by atoms with Gasteiger partial charge in [0.25, 0.3) is 0 Å². The van der Waals surface area contributed by atoms with Crippen molar-refractivity contribution in [2.75, 3.05) is 0 Å². The summed E-state index contributed by atoms with van der Waals surface area (Å²) in [5, 5.41) is 38.4. The number of nitrogens with one attached hydrogen (secondary N) is 1. The van der Waals surface area contributed by atoms with Crippen LogP contribution in [-0.4, -0.2) is 17.8 Å². The molecular formula is C18H20N4O2. The lowest BCUT2D eigenvalue weighted by Gasteiger charge is -2.63. The Bertz CT molecular complexity index is 724. The minimum atomic E-state index is -1.73. The Hall–Kier alpha value is -2.36. The molecule has 1 N–H and O–H groups in total. The quantitative estimate of drug-likeness (QED) is 0.783. The zero-order chi connectivity index (χ0) is 17.6. The third-order valence-electron chi connectivity index (χ3n) is 5.76. The number of hydrogen-bond acceptors (Lipinski definition) is 6. The van der Waals surface area contributed by atoms with E-state index < -0.39 is 28.6 Å². The van der Waals surface area contributed by atoms with Crippen LogP contribution in [0.2, 0.25) is 0 Å².